The van der Waals surface area contributed by atoms with Crippen molar-refractivity contribution in [3.8, 4) is 0 Å². The van der Waals surface area contributed by atoms with E-state index in [1.165, 1.54) is 7.05 Å². The largest absolute Gasteiger partial charge is 0.340 e. The number of carbonyl (C=O) groups is 1. The molecule has 1 amide bonds. The number of hydrogen-bond donors (Lipinski definition) is 1. The summed E-state index contributed by atoms with van der Waals surface area (Å²) in [5.74, 6) is -1.36. The predicted octanol–water partition coefficient (Wildman–Crippen LogP) is 2.38. The van der Waals surface area contributed by atoms with Gasteiger partial charge in [0.05, 0.1) is 0 Å². The number of hydrogen-bond acceptors (Lipinski definition) is 3. The van der Waals surface area contributed by atoms with Crippen LogP contribution >= 0.6 is 0 Å². The van der Waals surface area contributed by atoms with Crippen LogP contribution in [-0.4, -0.2) is 41.9 Å². The van der Waals surface area contributed by atoms with Crippen LogP contribution in [0.15, 0.2) is 0 Å². The Morgan fingerprint density at radius 2 is 1.85 bits per heavy atom. The average molecular weight is 309 g/mol. The van der Waals surface area contributed by atoms with Crippen LogP contribution in [-0.2, 0) is 14.9 Å². The van der Waals surface area contributed by atoms with E-state index in [9.17, 15) is 22.2 Å². The minimum Gasteiger partial charge on any atom is -0.340 e. The van der Waals surface area contributed by atoms with Crippen molar-refractivity contribution in [2.24, 2.45) is 5.92 Å². The molecule has 1 rings (SSSR count). The van der Waals surface area contributed by atoms with Crippen LogP contribution in [0.4, 0.5) is 4.39 Å². The summed E-state index contributed by atoms with van der Waals surface area (Å²) in [4.78, 5) is 13.2. The topological polar surface area (TPSA) is 74.7 Å². The average Bonchev–Trinajstić information content (AvgIpc) is 2.36. The van der Waals surface area contributed by atoms with Crippen LogP contribution < -0.4 is 0 Å². The monoisotopic (exact) mass is 309 g/mol. The second-order valence-corrected chi connectivity index (χ2v) is 7.52. The molecule has 0 heterocycles. The second-order valence-electron chi connectivity index (χ2n) is 5.92. The molecule has 0 saturated heterocycles. The fourth-order valence-corrected chi connectivity index (χ4v) is 3.37. The Hall–Kier alpha value is -0.690. The summed E-state index contributed by atoms with van der Waals surface area (Å²) in [6.07, 6.45) is 3.78. The van der Waals surface area contributed by atoms with E-state index < -0.39 is 27.4 Å². The Bertz CT molecular complexity index is 445. The van der Waals surface area contributed by atoms with Gasteiger partial charge in [0.15, 0.2) is 0 Å². The van der Waals surface area contributed by atoms with E-state index in [4.69, 9.17) is 0 Å². The molecule has 0 aromatic heterocycles. The van der Waals surface area contributed by atoms with Crippen molar-refractivity contribution in [1.82, 2.24) is 4.90 Å². The zero-order valence-electron chi connectivity index (χ0n) is 12.3. The van der Waals surface area contributed by atoms with Crippen molar-refractivity contribution in [2.45, 2.75) is 63.4 Å². The Morgan fingerprint density at radius 3 is 2.25 bits per heavy atom. The highest BCUT2D eigenvalue weighted by molar-refractivity contribution is 7.87. The maximum atomic E-state index is 14.9. The molecule has 0 aliphatic heterocycles. The van der Waals surface area contributed by atoms with Gasteiger partial charge in [-0.3, -0.25) is 9.35 Å². The van der Waals surface area contributed by atoms with Crippen LogP contribution in [0.1, 0.15) is 52.4 Å². The molecule has 0 aromatic carbocycles. The van der Waals surface area contributed by atoms with Gasteiger partial charge >= 0.3 is 15.1 Å². The molecule has 7 heteroatoms. The maximum absolute atomic E-state index is 14.9. The van der Waals surface area contributed by atoms with E-state index in [1.807, 2.05) is 0 Å². The molecular formula is C13H24FNO4S. The third kappa shape index (κ3) is 3.69. The summed E-state index contributed by atoms with van der Waals surface area (Å²) >= 11 is 0. The summed E-state index contributed by atoms with van der Waals surface area (Å²) < 4.78 is 46.9. The van der Waals surface area contributed by atoms with Gasteiger partial charge in [-0.05, 0) is 19.8 Å². The van der Waals surface area contributed by atoms with Gasteiger partial charge in [-0.2, -0.15) is 8.42 Å². The highest BCUT2D eigenvalue weighted by Crippen LogP contribution is 2.36. The molecule has 5 nitrogen and oxygen atoms in total. The molecule has 1 atom stereocenters. The van der Waals surface area contributed by atoms with Crippen molar-refractivity contribution in [1.29, 1.82) is 0 Å². The standard InChI is InChI=1S/C13H24FNO4S/c1-10(2)15(3)12(16)13(14,20(17,18)19)9-11-7-5-4-6-8-11/h10-11H,4-9H2,1-3H3,(H,17,18,19). The first-order chi connectivity index (χ1) is 9.09. The fourth-order valence-electron chi connectivity index (χ4n) is 2.56. The summed E-state index contributed by atoms with van der Waals surface area (Å²) in [7, 11) is -3.76. The quantitative estimate of drug-likeness (QED) is 0.791. The first-order valence-corrected chi connectivity index (χ1v) is 8.47. The van der Waals surface area contributed by atoms with Crippen molar-refractivity contribution in [2.75, 3.05) is 7.05 Å². The second kappa shape index (κ2) is 6.39. The fraction of sp³-hybridized carbons (Fsp3) is 0.923. The number of halogens is 1. The molecule has 0 aromatic rings. The molecule has 1 saturated carbocycles. The van der Waals surface area contributed by atoms with Crippen LogP contribution in [0.3, 0.4) is 0 Å². The first-order valence-electron chi connectivity index (χ1n) is 7.03. The molecule has 0 radical (unpaired) electrons. The maximum Gasteiger partial charge on any atom is 0.312 e. The number of rotatable bonds is 5. The predicted molar refractivity (Wildman–Crippen MR) is 74.5 cm³/mol. The van der Waals surface area contributed by atoms with E-state index in [-0.39, 0.29) is 12.0 Å². The third-order valence-corrected chi connectivity index (χ3v) is 5.26. The number of carbonyl (C=O) groups excluding carboxylic acids is 1. The van der Waals surface area contributed by atoms with Crippen LogP contribution in [0.5, 0.6) is 0 Å². The molecule has 0 bridgehead atoms. The van der Waals surface area contributed by atoms with Gasteiger partial charge in [-0.15, -0.1) is 0 Å². The normalized spacial score (nSPS) is 20.7. The lowest BCUT2D eigenvalue weighted by atomic mass is 9.85. The van der Waals surface area contributed by atoms with Gasteiger partial charge < -0.3 is 4.90 Å². The van der Waals surface area contributed by atoms with Crippen LogP contribution in [0, 0.1) is 5.92 Å². The molecule has 1 unspecified atom stereocenters. The Morgan fingerprint density at radius 1 is 1.35 bits per heavy atom. The molecular weight excluding hydrogens is 285 g/mol. The summed E-state index contributed by atoms with van der Waals surface area (Å²) in [5.41, 5.74) is 0. The van der Waals surface area contributed by atoms with E-state index in [0.717, 1.165) is 24.2 Å². The van der Waals surface area contributed by atoms with Gasteiger partial charge in [0, 0.05) is 19.5 Å². The zero-order chi connectivity index (χ0) is 15.6. The van der Waals surface area contributed by atoms with Gasteiger partial charge in [-0.1, -0.05) is 32.1 Å². The molecule has 118 valence electrons. The third-order valence-electron chi connectivity index (χ3n) is 4.10. The first kappa shape index (κ1) is 17.4. The van der Waals surface area contributed by atoms with Gasteiger partial charge in [0.25, 0.3) is 5.91 Å². The number of nitrogens with zero attached hydrogens (tertiary/aromatic N) is 1. The van der Waals surface area contributed by atoms with E-state index in [2.05, 4.69) is 0 Å². The number of amides is 1. The Labute approximate surface area is 120 Å². The smallest absolute Gasteiger partial charge is 0.312 e. The molecule has 0 spiro atoms. The molecule has 1 aliphatic carbocycles. The van der Waals surface area contributed by atoms with E-state index in [0.29, 0.717) is 12.8 Å². The lowest BCUT2D eigenvalue weighted by Crippen LogP contribution is -2.52. The molecule has 20 heavy (non-hydrogen) atoms. The zero-order valence-corrected chi connectivity index (χ0v) is 13.1. The highest BCUT2D eigenvalue weighted by Gasteiger charge is 2.54. The van der Waals surface area contributed by atoms with Crippen LogP contribution in [0.2, 0.25) is 0 Å². The summed E-state index contributed by atoms with van der Waals surface area (Å²) in [6.45, 7) is 3.31. The van der Waals surface area contributed by atoms with E-state index >= 15 is 0 Å². The highest BCUT2D eigenvalue weighted by atomic mass is 32.2. The van der Waals surface area contributed by atoms with E-state index in [1.54, 1.807) is 13.8 Å². The van der Waals surface area contributed by atoms with Crippen molar-refractivity contribution >= 4 is 16.0 Å². The lowest BCUT2D eigenvalue weighted by molar-refractivity contribution is -0.140. The Balaban J connectivity index is 3.00. The van der Waals surface area contributed by atoms with Gasteiger partial charge in [-0.25, -0.2) is 4.39 Å². The minimum absolute atomic E-state index is 0.180. The van der Waals surface area contributed by atoms with Crippen molar-refractivity contribution in [3.05, 3.63) is 0 Å². The molecule has 1 fully saturated rings. The number of alkyl halides is 1. The minimum atomic E-state index is -5.10. The Kier molecular flexibility index (Phi) is 5.54. The van der Waals surface area contributed by atoms with Crippen LogP contribution in [0.25, 0.3) is 0 Å². The summed E-state index contributed by atoms with van der Waals surface area (Å²) in [5, 5.41) is -3.23. The molecule has 1 N–H and O–H groups in total. The van der Waals surface area contributed by atoms with Crippen molar-refractivity contribution < 1.29 is 22.2 Å². The molecule has 1 aliphatic rings. The van der Waals surface area contributed by atoms with Gasteiger partial charge in [0.1, 0.15) is 0 Å². The van der Waals surface area contributed by atoms with Crippen molar-refractivity contribution in [3.63, 3.8) is 0 Å². The lowest BCUT2D eigenvalue weighted by Gasteiger charge is -2.32. The summed E-state index contributed by atoms with van der Waals surface area (Å²) in [6, 6.07) is -0.342. The SMILES string of the molecule is CC(C)N(C)C(=O)C(F)(CC1CCCCC1)S(=O)(=O)O. The van der Waals surface area contributed by atoms with Gasteiger partial charge in [0.2, 0.25) is 0 Å².